The first-order valence-electron chi connectivity index (χ1n) is 10.7. The van der Waals surface area contributed by atoms with Crippen LogP contribution in [-0.4, -0.2) is 54.3 Å². The quantitative estimate of drug-likeness (QED) is 0.562. The second kappa shape index (κ2) is 10.6. The summed E-state index contributed by atoms with van der Waals surface area (Å²) in [7, 11) is 0. The van der Waals surface area contributed by atoms with E-state index in [2.05, 4.69) is 15.5 Å². The van der Waals surface area contributed by atoms with Gasteiger partial charge >= 0.3 is 0 Å². The van der Waals surface area contributed by atoms with Gasteiger partial charge in [-0.3, -0.25) is 14.5 Å². The summed E-state index contributed by atoms with van der Waals surface area (Å²) in [6, 6.07) is 22.2. The number of nitrogens with one attached hydrogen (secondary N) is 1. The summed E-state index contributed by atoms with van der Waals surface area (Å²) in [5.74, 6) is -0.607. The minimum Gasteiger partial charge on any atom is -0.336 e. The second-order valence-corrected chi connectivity index (χ2v) is 7.71. The third-order valence-corrected chi connectivity index (χ3v) is 5.31. The Labute approximate surface area is 191 Å². The van der Waals surface area contributed by atoms with Gasteiger partial charge in [0.2, 0.25) is 5.91 Å². The van der Waals surface area contributed by atoms with E-state index >= 15 is 0 Å². The van der Waals surface area contributed by atoms with Crippen LogP contribution in [0.3, 0.4) is 0 Å². The van der Waals surface area contributed by atoms with E-state index in [9.17, 15) is 14.0 Å². The summed E-state index contributed by atoms with van der Waals surface area (Å²) in [6.45, 7) is 2.47. The van der Waals surface area contributed by atoms with Gasteiger partial charge in [0.05, 0.1) is 17.9 Å². The third-order valence-electron chi connectivity index (χ3n) is 5.31. The van der Waals surface area contributed by atoms with Crippen molar-refractivity contribution < 1.29 is 14.0 Å². The molecule has 168 valence electrons. The van der Waals surface area contributed by atoms with Gasteiger partial charge in [0.15, 0.2) is 0 Å². The van der Waals surface area contributed by atoms with Gasteiger partial charge in [-0.2, -0.15) is 10.2 Å². The Hall–Kier alpha value is -3.91. The highest BCUT2D eigenvalue weighted by Crippen LogP contribution is 2.20. The first kappa shape index (κ1) is 22.3. The van der Waals surface area contributed by atoms with Crippen molar-refractivity contribution in [2.45, 2.75) is 0 Å². The summed E-state index contributed by atoms with van der Waals surface area (Å²) in [5, 5.41) is 11.2. The maximum atomic E-state index is 13.1. The molecule has 1 N–H and O–H groups in total. The SMILES string of the molecule is O=C(CN1CCN(C(=O)c2ccc(F)cc2)CC1)Nc1ccc(N=Nc2ccccc2)cc1. The first-order chi connectivity index (χ1) is 16.1. The van der Waals surface area contributed by atoms with E-state index in [4.69, 9.17) is 0 Å². The van der Waals surface area contributed by atoms with Crippen molar-refractivity contribution in [1.29, 1.82) is 0 Å². The van der Waals surface area contributed by atoms with Gasteiger partial charge in [0, 0.05) is 37.4 Å². The number of rotatable bonds is 6. The number of piperazine rings is 1. The number of carbonyl (C=O) groups excluding carboxylic acids is 2. The Morgan fingerprint density at radius 3 is 2.03 bits per heavy atom. The lowest BCUT2D eigenvalue weighted by Gasteiger charge is -2.34. The van der Waals surface area contributed by atoms with Gasteiger partial charge in [0.25, 0.3) is 5.91 Å². The molecule has 0 radical (unpaired) electrons. The molecule has 1 aliphatic rings. The van der Waals surface area contributed by atoms with Gasteiger partial charge in [-0.05, 0) is 60.7 Å². The summed E-state index contributed by atoms with van der Waals surface area (Å²) in [4.78, 5) is 28.7. The summed E-state index contributed by atoms with van der Waals surface area (Å²) < 4.78 is 13.1. The molecule has 2 amide bonds. The highest BCUT2D eigenvalue weighted by atomic mass is 19.1. The molecule has 0 bridgehead atoms. The number of hydrogen-bond acceptors (Lipinski definition) is 5. The molecule has 7 nitrogen and oxygen atoms in total. The lowest BCUT2D eigenvalue weighted by molar-refractivity contribution is -0.117. The minimum atomic E-state index is -0.367. The van der Waals surface area contributed by atoms with Crippen molar-refractivity contribution in [1.82, 2.24) is 9.80 Å². The predicted octanol–water partition coefficient (Wildman–Crippen LogP) is 4.64. The van der Waals surface area contributed by atoms with E-state index in [1.165, 1.54) is 24.3 Å². The number of benzene rings is 3. The van der Waals surface area contributed by atoms with Gasteiger partial charge < -0.3 is 10.2 Å². The molecule has 1 fully saturated rings. The molecule has 0 unspecified atom stereocenters. The van der Waals surface area contributed by atoms with Crippen molar-refractivity contribution in [3.8, 4) is 0 Å². The Morgan fingerprint density at radius 1 is 0.788 bits per heavy atom. The van der Waals surface area contributed by atoms with Crippen molar-refractivity contribution in [2.75, 3.05) is 38.0 Å². The lowest BCUT2D eigenvalue weighted by Crippen LogP contribution is -2.50. The standard InChI is InChI=1S/C25H24FN5O2/c26-20-8-6-19(7-9-20)25(33)31-16-14-30(15-17-31)18-24(32)27-21-10-12-23(13-11-21)29-28-22-4-2-1-3-5-22/h1-13H,14-18H2,(H,27,32). The molecular weight excluding hydrogens is 421 g/mol. The maximum absolute atomic E-state index is 13.1. The van der Waals surface area contributed by atoms with Gasteiger partial charge in [-0.25, -0.2) is 4.39 Å². The Kier molecular flexibility index (Phi) is 7.16. The fraction of sp³-hybridized carbons (Fsp3) is 0.200. The van der Waals surface area contributed by atoms with Crippen molar-refractivity contribution in [3.05, 3.63) is 90.2 Å². The largest absolute Gasteiger partial charge is 0.336 e. The monoisotopic (exact) mass is 445 g/mol. The van der Waals surface area contributed by atoms with Crippen molar-refractivity contribution >= 4 is 28.9 Å². The number of anilines is 1. The Morgan fingerprint density at radius 2 is 1.39 bits per heavy atom. The molecule has 3 aromatic rings. The topological polar surface area (TPSA) is 77.4 Å². The van der Waals surface area contributed by atoms with Crippen LogP contribution in [0.4, 0.5) is 21.5 Å². The van der Waals surface area contributed by atoms with Crippen LogP contribution >= 0.6 is 0 Å². The third kappa shape index (κ3) is 6.30. The fourth-order valence-electron chi connectivity index (χ4n) is 3.51. The zero-order valence-corrected chi connectivity index (χ0v) is 18.0. The zero-order valence-electron chi connectivity index (χ0n) is 18.0. The van der Waals surface area contributed by atoms with Gasteiger partial charge in [0.1, 0.15) is 5.82 Å². The van der Waals surface area contributed by atoms with E-state index in [-0.39, 0.29) is 24.2 Å². The molecule has 1 aliphatic heterocycles. The van der Waals surface area contributed by atoms with E-state index in [1.54, 1.807) is 29.2 Å². The van der Waals surface area contributed by atoms with E-state index in [1.807, 2.05) is 35.2 Å². The maximum Gasteiger partial charge on any atom is 0.253 e. The number of hydrogen-bond donors (Lipinski definition) is 1. The van der Waals surface area contributed by atoms with E-state index < -0.39 is 0 Å². The molecule has 8 heteroatoms. The van der Waals surface area contributed by atoms with E-state index in [0.717, 1.165) is 5.69 Å². The molecule has 0 spiro atoms. The molecule has 0 aliphatic carbocycles. The molecule has 4 rings (SSSR count). The smallest absolute Gasteiger partial charge is 0.253 e. The van der Waals surface area contributed by atoms with Crippen molar-refractivity contribution in [3.63, 3.8) is 0 Å². The average molecular weight is 445 g/mol. The summed E-state index contributed by atoms with van der Waals surface area (Å²) in [5.41, 5.74) is 2.62. The molecular formula is C25H24FN5O2. The minimum absolute atomic E-state index is 0.119. The zero-order chi connectivity index (χ0) is 23.0. The highest BCUT2D eigenvalue weighted by Gasteiger charge is 2.23. The number of azo groups is 1. The molecule has 33 heavy (non-hydrogen) atoms. The molecule has 0 atom stereocenters. The first-order valence-corrected chi connectivity index (χ1v) is 10.7. The van der Waals surface area contributed by atoms with Gasteiger partial charge in [-0.15, -0.1) is 0 Å². The normalized spacial score (nSPS) is 14.4. The van der Waals surface area contributed by atoms with Crippen LogP contribution in [0.5, 0.6) is 0 Å². The number of nitrogens with zero attached hydrogens (tertiary/aromatic N) is 4. The highest BCUT2D eigenvalue weighted by molar-refractivity contribution is 5.94. The van der Waals surface area contributed by atoms with Crippen molar-refractivity contribution in [2.24, 2.45) is 10.2 Å². The second-order valence-electron chi connectivity index (χ2n) is 7.71. The molecule has 0 aromatic heterocycles. The summed E-state index contributed by atoms with van der Waals surface area (Å²) in [6.07, 6.45) is 0. The molecule has 0 saturated carbocycles. The Bertz CT molecular complexity index is 1110. The number of amides is 2. The average Bonchev–Trinajstić information content (AvgIpc) is 2.85. The summed E-state index contributed by atoms with van der Waals surface area (Å²) >= 11 is 0. The lowest BCUT2D eigenvalue weighted by atomic mass is 10.2. The number of carbonyl (C=O) groups is 2. The number of halogens is 1. The van der Waals surface area contributed by atoms with Crippen LogP contribution in [0, 0.1) is 5.82 Å². The Balaban J connectivity index is 1.23. The van der Waals surface area contributed by atoms with Gasteiger partial charge in [-0.1, -0.05) is 18.2 Å². The van der Waals surface area contributed by atoms with Crippen LogP contribution in [0.1, 0.15) is 10.4 Å². The van der Waals surface area contributed by atoms with Crippen LogP contribution in [0.2, 0.25) is 0 Å². The predicted molar refractivity (Wildman–Crippen MR) is 124 cm³/mol. The fourth-order valence-corrected chi connectivity index (χ4v) is 3.51. The van der Waals surface area contributed by atoms with Crippen LogP contribution < -0.4 is 5.32 Å². The molecule has 3 aromatic carbocycles. The molecule has 1 heterocycles. The van der Waals surface area contributed by atoms with Crippen LogP contribution in [0.15, 0.2) is 89.1 Å². The van der Waals surface area contributed by atoms with Crippen LogP contribution in [0.25, 0.3) is 0 Å². The van der Waals surface area contributed by atoms with Crippen LogP contribution in [-0.2, 0) is 4.79 Å². The molecule has 1 saturated heterocycles. The van der Waals surface area contributed by atoms with E-state index in [0.29, 0.717) is 43.1 Å².